The lowest BCUT2D eigenvalue weighted by Gasteiger charge is -2.41. The number of carbonyl (C=O) groups is 2. The van der Waals surface area contributed by atoms with Crippen LogP contribution in [-0.4, -0.2) is 34.8 Å². The van der Waals surface area contributed by atoms with Crippen molar-refractivity contribution in [3.63, 3.8) is 0 Å². The van der Waals surface area contributed by atoms with E-state index in [2.05, 4.69) is 10.3 Å². The van der Waals surface area contributed by atoms with Crippen molar-refractivity contribution in [2.75, 3.05) is 23.3 Å². The highest BCUT2D eigenvalue weighted by Gasteiger charge is 2.35. The highest BCUT2D eigenvalue weighted by Crippen LogP contribution is 2.36. The van der Waals surface area contributed by atoms with E-state index in [0.717, 1.165) is 17.5 Å². The lowest BCUT2D eigenvalue weighted by Crippen LogP contribution is -2.45. The van der Waals surface area contributed by atoms with Crippen LogP contribution in [0.15, 0.2) is 66.9 Å². The van der Waals surface area contributed by atoms with Gasteiger partial charge >= 0.3 is 0 Å². The smallest absolute Gasteiger partial charge is 0.256 e. The van der Waals surface area contributed by atoms with Gasteiger partial charge in [-0.2, -0.15) is 0 Å². The second-order valence-corrected chi connectivity index (χ2v) is 7.77. The quantitative estimate of drug-likeness (QED) is 0.703. The van der Waals surface area contributed by atoms with E-state index in [1.54, 1.807) is 34.2 Å². The van der Waals surface area contributed by atoms with Crippen LogP contribution >= 0.6 is 0 Å². The molecule has 2 amide bonds. The predicted octanol–water partition coefficient (Wildman–Crippen LogP) is 3.77. The van der Waals surface area contributed by atoms with E-state index < -0.39 is 0 Å². The third-order valence-corrected chi connectivity index (χ3v) is 5.83. The number of hydrogen-bond acceptors (Lipinski definition) is 4. The summed E-state index contributed by atoms with van der Waals surface area (Å²) in [6, 6.07) is 17.6. The Kier molecular flexibility index (Phi) is 4.86. The van der Waals surface area contributed by atoms with Gasteiger partial charge in [0.25, 0.3) is 5.91 Å². The molecule has 2 aromatic carbocycles. The molecule has 1 saturated heterocycles. The highest BCUT2D eigenvalue weighted by atomic mass is 19.1. The number of likely N-dealkylation sites (tertiary alicyclic amines) is 1. The number of anilines is 2. The first kappa shape index (κ1) is 19.2. The van der Waals surface area contributed by atoms with Crippen LogP contribution in [0, 0.1) is 5.82 Å². The molecule has 0 bridgehead atoms. The molecule has 1 aromatic heterocycles. The number of pyridine rings is 1. The van der Waals surface area contributed by atoms with E-state index in [0.29, 0.717) is 30.2 Å². The first-order valence-corrected chi connectivity index (χ1v) is 10.2. The fourth-order valence-electron chi connectivity index (χ4n) is 4.07. The Hall–Kier alpha value is -3.74. The van der Waals surface area contributed by atoms with E-state index in [1.165, 1.54) is 12.1 Å². The second-order valence-electron chi connectivity index (χ2n) is 7.77. The molecule has 3 heterocycles. The van der Waals surface area contributed by atoms with Crippen molar-refractivity contribution < 1.29 is 14.0 Å². The summed E-state index contributed by atoms with van der Waals surface area (Å²) in [5.41, 5.74) is 2.94. The third kappa shape index (κ3) is 3.63. The van der Waals surface area contributed by atoms with Gasteiger partial charge in [0, 0.05) is 12.7 Å². The number of rotatable bonds is 4. The first-order valence-electron chi connectivity index (χ1n) is 10.2. The molecular formula is C24H21FN4O2. The number of amides is 2. The van der Waals surface area contributed by atoms with Gasteiger partial charge in [-0.15, -0.1) is 0 Å². The Balaban J connectivity index is 1.41. The molecule has 156 valence electrons. The Morgan fingerprint density at radius 1 is 1.13 bits per heavy atom. The minimum absolute atomic E-state index is 0.0732. The van der Waals surface area contributed by atoms with Crippen molar-refractivity contribution in [1.82, 2.24) is 9.88 Å². The summed E-state index contributed by atoms with van der Waals surface area (Å²) in [5.74, 6) is 0.0748. The zero-order valence-corrected chi connectivity index (χ0v) is 16.8. The Labute approximate surface area is 179 Å². The van der Waals surface area contributed by atoms with E-state index in [4.69, 9.17) is 0 Å². The van der Waals surface area contributed by atoms with E-state index in [1.807, 2.05) is 30.3 Å². The van der Waals surface area contributed by atoms with Crippen LogP contribution in [0.2, 0.25) is 0 Å². The van der Waals surface area contributed by atoms with Crippen LogP contribution in [0.4, 0.5) is 15.9 Å². The van der Waals surface area contributed by atoms with Gasteiger partial charge in [0.2, 0.25) is 5.91 Å². The molecule has 1 unspecified atom stereocenters. The van der Waals surface area contributed by atoms with Gasteiger partial charge in [0.05, 0.1) is 30.4 Å². The van der Waals surface area contributed by atoms with E-state index in [-0.39, 0.29) is 30.2 Å². The SMILES string of the molecule is O=C1CNc2ncc(C(=O)N3CCC3c3ccc(F)cc3)cc2N1Cc1ccccc1. The Bertz CT molecular complexity index is 1130. The van der Waals surface area contributed by atoms with Gasteiger partial charge in [0.15, 0.2) is 5.82 Å². The maximum atomic E-state index is 13.3. The van der Waals surface area contributed by atoms with Gasteiger partial charge in [-0.05, 0) is 35.7 Å². The number of aromatic nitrogens is 1. The predicted molar refractivity (Wildman–Crippen MR) is 115 cm³/mol. The lowest BCUT2D eigenvalue weighted by molar-refractivity contribution is -0.117. The number of carbonyl (C=O) groups excluding carboxylic acids is 2. The summed E-state index contributed by atoms with van der Waals surface area (Å²) >= 11 is 0. The summed E-state index contributed by atoms with van der Waals surface area (Å²) in [7, 11) is 0. The standard InChI is InChI=1S/C24H21FN4O2/c25-19-8-6-17(7-9-19)20-10-11-28(20)24(31)18-12-21-23(26-13-18)27-14-22(30)29(21)15-16-4-2-1-3-5-16/h1-9,12-13,20H,10-11,14-15H2,(H,26,27). The highest BCUT2D eigenvalue weighted by molar-refractivity contribution is 6.04. The molecule has 1 atom stereocenters. The Morgan fingerprint density at radius 2 is 1.90 bits per heavy atom. The molecule has 2 aliphatic rings. The van der Waals surface area contributed by atoms with Gasteiger partial charge in [-0.25, -0.2) is 9.37 Å². The number of benzene rings is 2. The van der Waals surface area contributed by atoms with Crippen LogP contribution in [-0.2, 0) is 11.3 Å². The average molecular weight is 416 g/mol. The van der Waals surface area contributed by atoms with Crippen LogP contribution in [0.3, 0.4) is 0 Å². The van der Waals surface area contributed by atoms with Crippen molar-refractivity contribution in [3.8, 4) is 0 Å². The topological polar surface area (TPSA) is 65.5 Å². The number of hydrogen-bond donors (Lipinski definition) is 1. The molecule has 0 radical (unpaired) electrons. The second kappa shape index (κ2) is 7.83. The molecule has 6 nitrogen and oxygen atoms in total. The van der Waals surface area contributed by atoms with Crippen molar-refractivity contribution >= 4 is 23.3 Å². The maximum absolute atomic E-state index is 13.3. The lowest BCUT2D eigenvalue weighted by atomic mass is 9.93. The first-order chi connectivity index (χ1) is 15.1. The molecule has 7 heteroatoms. The van der Waals surface area contributed by atoms with Gasteiger partial charge in [-0.3, -0.25) is 9.59 Å². The molecule has 0 saturated carbocycles. The molecule has 31 heavy (non-hydrogen) atoms. The summed E-state index contributed by atoms with van der Waals surface area (Å²) in [6.45, 7) is 1.21. The summed E-state index contributed by atoms with van der Waals surface area (Å²) in [5, 5.41) is 3.03. The molecule has 1 fully saturated rings. The Morgan fingerprint density at radius 3 is 2.61 bits per heavy atom. The monoisotopic (exact) mass is 416 g/mol. The van der Waals surface area contributed by atoms with Crippen molar-refractivity contribution in [3.05, 3.63) is 89.4 Å². The molecule has 3 aromatic rings. The van der Waals surface area contributed by atoms with Crippen LogP contribution < -0.4 is 10.2 Å². The van der Waals surface area contributed by atoms with Crippen LogP contribution in [0.5, 0.6) is 0 Å². The van der Waals surface area contributed by atoms with Crippen molar-refractivity contribution in [1.29, 1.82) is 0 Å². The zero-order valence-electron chi connectivity index (χ0n) is 16.8. The van der Waals surface area contributed by atoms with Crippen molar-refractivity contribution in [2.45, 2.75) is 19.0 Å². The van der Waals surface area contributed by atoms with E-state index in [9.17, 15) is 14.0 Å². The van der Waals surface area contributed by atoms with Crippen molar-refractivity contribution in [2.24, 2.45) is 0 Å². The number of nitrogens with zero attached hydrogens (tertiary/aromatic N) is 3. The summed E-state index contributed by atoms with van der Waals surface area (Å²) in [6.07, 6.45) is 2.38. The van der Waals surface area contributed by atoms with Gasteiger partial charge in [-0.1, -0.05) is 42.5 Å². The molecule has 0 aliphatic carbocycles. The molecule has 1 N–H and O–H groups in total. The van der Waals surface area contributed by atoms with Gasteiger partial charge in [0.1, 0.15) is 5.82 Å². The fourth-order valence-corrected chi connectivity index (χ4v) is 4.07. The average Bonchev–Trinajstić information content (AvgIpc) is 2.77. The summed E-state index contributed by atoms with van der Waals surface area (Å²) in [4.78, 5) is 33.7. The number of halogens is 1. The molecular weight excluding hydrogens is 395 g/mol. The minimum Gasteiger partial charge on any atom is -0.359 e. The molecule has 0 spiro atoms. The maximum Gasteiger partial charge on any atom is 0.256 e. The van der Waals surface area contributed by atoms with E-state index >= 15 is 0 Å². The molecule has 5 rings (SSSR count). The number of fused-ring (bicyclic) bond motifs is 1. The third-order valence-electron chi connectivity index (χ3n) is 5.83. The summed E-state index contributed by atoms with van der Waals surface area (Å²) < 4.78 is 13.3. The minimum atomic E-state index is -0.296. The number of nitrogens with one attached hydrogen (secondary N) is 1. The molecule has 2 aliphatic heterocycles. The zero-order chi connectivity index (χ0) is 21.4. The fraction of sp³-hybridized carbons (Fsp3) is 0.208. The normalized spacial score (nSPS) is 17.6. The van der Waals surface area contributed by atoms with Gasteiger partial charge < -0.3 is 15.1 Å². The largest absolute Gasteiger partial charge is 0.359 e. The van der Waals surface area contributed by atoms with Crippen LogP contribution in [0.25, 0.3) is 0 Å². The van der Waals surface area contributed by atoms with Crippen LogP contribution in [0.1, 0.15) is 33.9 Å².